The van der Waals surface area contributed by atoms with E-state index in [-0.39, 0.29) is 48.9 Å². The number of pyridine rings is 2. The van der Waals surface area contributed by atoms with Gasteiger partial charge in [-0.1, -0.05) is 92.6 Å². The van der Waals surface area contributed by atoms with Gasteiger partial charge in [0, 0.05) is 60.7 Å². The van der Waals surface area contributed by atoms with Crippen molar-refractivity contribution >= 4 is 49.0 Å². The third-order valence-corrected chi connectivity index (χ3v) is 9.58. The summed E-state index contributed by atoms with van der Waals surface area (Å²) >= 11 is 0. The summed E-state index contributed by atoms with van der Waals surface area (Å²) < 4.78 is 0. The van der Waals surface area contributed by atoms with Gasteiger partial charge in [-0.25, -0.2) is 0 Å². The van der Waals surface area contributed by atoms with Crippen LogP contribution in [0.5, 0.6) is 0 Å². The first kappa shape index (κ1) is 38.1. The third-order valence-electron chi connectivity index (χ3n) is 9.58. The monoisotopic (exact) mass is 832 g/mol. The number of nitrogens with zero attached hydrogens (tertiary/aromatic N) is 2. The van der Waals surface area contributed by atoms with Crippen LogP contribution in [-0.2, 0) is 31.3 Å². The molecule has 0 aliphatic heterocycles. The second-order valence-electron chi connectivity index (χ2n) is 14.6. The average Bonchev–Trinajstić information content (AvgIpc) is 3.03. The van der Waals surface area contributed by atoms with Crippen molar-refractivity contribution < 1.29 is 30.0 Å². The smallest absolute Gasteiger partial charge is 0.162 e. The van der Waals surface area contributed by atoms with Crippen LogP contribution < -0.4 is 0 Å². The van der Waals surface area contributed by atoms with Crippen LogP contribution in [-0.4, -0.2) is 20.9 Å². The summed E-state index contributed by atoms with van der Waals surface area (Å²) in [7, 11) is 0. The maximum atomic E-state index is 11.7. The minimum atomic E-state index is 0. The molecule has 1 N–H and O–H groups in total. The molecule has 0 bridgehead atoms. The van der Waals surface area contributed by atoms with E-state index in [0.29, 0.717) is 0 Å². The molecule has 5 heteroatoms. The standard InChI is InChI=1S/C31H27N2.C13H24O2.Ir/c1-18-12-19(2)14-20(13-18)30-24-10-6-8-22-25-15-21(16-31(3,4)5)33-27-11-7-9-23(29(25)27)26(17-32-30)28(22)24;1-5-10(6-2)12(14)9-13(15)11(7-3)8-4;/h6-13,15,17H,16H2,1-5H3;9-11,14H,5-8H2,1-4H3;/q-1;;/b;12-9-;. The van der Waals surface area contributed by atoms with Gasteiger partial charge in [0.25, 0.3) is 0 Å². The van der Waals surface area contributed by atoms with Crippen LogP contribution in [0.25, 0.3) is 54.5 Å². The van der Waals surface area contributed by atoms with Gasteiger partial charge in [0.2, 0.25) is 0 Å². The van der Waals surface area contributed by atoms with E-state index in [0.717, 1.165) is 60.1 Å². The number of carbonyl (C=O) groups excluding carboxylic acids is 1. The van der Waals surface area contributed by atoms with Crippen molar-refractivity contribution in [2.24, 2.45) is 17.3 Å². The Balaban J connectivity index is 0.000000290. The summed E-state index contributed by atoms with van der Waals surface area (Å²) in [5.74, 6) is 0.547. The largest absolute Gasteiger partial charge is 0.512 e. The van der Waals surface area contributed by atoms with Crippen LogP contribution in [0.4, 0.5) is 0 Å². The van der Waals surface area contributed by atoms with Gasteiger partial charge in [-0.2, -0.15) is 0 Å². The van der Waals surface area contributed by atoms with Crippen molar-refractivity contribution in [1.29, 1.82) is 0 Å². The second-order valence-corrected chi connectivity index (χ2v) is 14.6. The number of fused-ring (bicyclic) bond motifs is 2. The van der Waals surface area contributed by atoms with Gasteiger partial charge < -0.3 is 10.1 Å². The molecule has 0 saturated carbocycles. The number of benzene rings is 4. The van der Waals surface area contributed by atoms with Gasteiger partial charge in [0.05, 0.1) is 11.3 Å². The minimum Gasteiger partial charge on any atom is -0.512 e. The summed E-state index contributed by atoms with van der Waals surface area (Å²) in [6, 6.07) is 23.3. The van der Waals surface area contributed by atoms with E-state index in [2.05, 4.69) is 95.3 Å². The van der Waals surface area contributed by atoms with E-state index in [1.54, 1.807) is 0 Å². The Morgan fingerprint density at radius 2 is 1.43 bits per heavy atom. The van der Waals surface area contributed by atoms with Crippen molar-refractivity contribution in [3.05, 3.63) is 95.5 Å². The van der Waals surface area contributed by atoms with Gasteiger partial charge in [0.15, 0.2) is 5.78 Å². The molecule has 2 aromatic heterocycles. The number of aliphatic hydroxyl groups is 1. The third kappa shape index (κ3) is 8.22. The van der Waals surface area contributed by atoms with Gasteiger partial charge in [-0.15, -0.1) is 34.9 Å². The average molecular weight is 832 g/mol. The molecule has 4 nitrogen and oxygen atoms in total. The van der Waals surface area contributed by atoms with Crippen LogP contribution in [0.2, 0.25) is 0 Å². The minimum absolute atomic E-state index is 0. The summed E-state index contributed by atoms with van der Waals surface area (Å²) in [4.78, 5) is 21.8. The van der Waals surface area contributed by atoms with Crippen molar-refractivity contribution in [2.75, 3.05) is 0 Å². The molecule has 2 heterocycles. The van der Waals surface area contributed by atoms with E-state index >= 15 is 0 Å². The quantitative estimate of drug-likeness (QED) is 0.0518. The predicted octanol–water partition coefficient (Wildman–Crippen LogP) is 12.1. The number of hydrogen-bond donors (Lipinski definition) is 1. The van der Waals surface area contributed by atoms with Crippen LogP contribution in [0.15, 0.2) is 72.6 Å². The molecule has 1 radical (unpaired) electrons. The van der Waals surface area contributed by atoms with Gasteiger partial charge in [-0.05, 0) is 82.3 Å². The molecule has 0 aliphatic carbocycles. The van der Waals surface area contributed by atoms with Gasteiger partial charge in [0.1, 0.15) is 0 Å². The normalized spacial score (nSPS) is 12.3. The topological polar surface area (TPSA) is 63.1 Å². The maximum absolute atomic E-state index is 11.7. The Bertz CT molecular complexity index is 2080. The summed E-state index contributed by atoms with van der Waals surface area (Å²) in [5.41, 5.74) is 6.83. The number of carbonyl (C=O) groups is 1. The molecular weight excluding hydrogens is 781 g/mol. The molecule has 6 rings (SSSR count). The molecule has 0 saturated heterocycles. The molecule has 4 aromatic carbocycles. The van der Waals surface area contributed by atoms with E-state index in [4.69, 9.17) is 9.97 Å². The van der Waals surface area contributed by atoms with Gasteiger partial charge >= 0.3 is 0 Å². The Morgan fingerprint density at radius 3 is 2.04 bits per heavy atom. The zero-order valence-electron chi connectivity index (χ0n) is 30.6. The van der Waals surface area contributed by atoms with E-state index < -0.39 is 0 Å². The first-order chi connectivity index (χ1) is 22.9. The predicted molar refractivity (Wildman–Crippen MR) is 204 cm³/mol. The SMILES string of the molecule is CCC(CC)C(=O)/C=C(\O)C(CC)CC.Cc1[c-]c(-c2ncc3c4cccc5nc(CC(C)(C)C)cc(c6cccc2c63)c54)cc(C)c1.[Ir]. The maximum Gasteiger partial charge on any atom is 0.162 e. The summed E-state index contributed by atoms with van der Waals surface area (Å²) in [6.45, 7) is 19.1. The van der Waals surface area contributed by atoms with Crippen molar-refractivity contribution in [3.63, 3.8) is 0 Å². The fourth-order valence-electron chi connectivity index (χ4n) is 7.16. The van der Waals surface area contributed by atoms with Crippen molar-refractivity contribution in [2.45, 2.75) is 94.4 Å². The van der Waals surface area contributed by atoms with Gasteiger partial charge in [-0.3, -0.25) is 9.78 Å². The van der Waals surface area contributed by atoms with E-state index in [1.165, 1.54) is 49.3 Å². The van der Waals surface area contributed by atoms with E-state index in [1.807, 2.05) is 33.9 Å². The second kappa shape index (κ2) is 15.9. The fraction of sp³-hybridized carbons (Fsp3) is 0.386. The Hall–Kier alpha value is -3.66. The number of rotatable bonds is 9. The number of aromatic nitrogens is 2. The Morgan fingerprint density at radius 1 is 0.816 bits per heavy atom. The van der Waals surface area contributed by atoms with Crippen LogP contribution >= 0.6 is 0 Å². The number of aryl methyl sites for hydroxylation is 2. The molecule has 0 atom stereocenters. The molecule has 49 heavy (non-hydrogen) atoms. The van der Waals surface area contributed by atoms with Crippen molar-refractivity contribution in [3.8, 4) is 11.3 Å². The number of hydrogen-bond acceptors (Lipinski definition) is 4. The number of allylic oxidation sites excluding steroid dienone is 2. The Kier molecular flexibility index (Phi) is 12.4. The summed E-state index contributed by atoms with van der Waals surface area (Å²) in [5, 5.41) is 18.4. The zero-order valence-corrected chi connectivity index (χ0v) is 33.0. The van der Waals surface area contributed by atoms with Crippen molar-refractivity contribution in [1.82, 2.24) is 9.97 Å². The molecule has 0 aliphatic rings. The van der Waals surface area contributed by atoms with E-state index in [9.17, 15) is 9.90 Å². The molecule has 0 spiro atoms. The first-order valence-electron chi connectivity index (χ1n) is 17.7. The molecule has 259 valence electrons. The van der Waals surface area contributed by atoms with Crippen LogP contribution in [0, 0.1) is 37.2 Å². The fourth-order valence-corrected chi connectivity index (χ4v) is 7.16. The molecule has 6 aromatic rings. The molecule has 0 amide bonds. The Labute approximate surface area is 306 Å². The first-order valence-corrected chi connectivity index (χ1v) is 17.7. The van der Waals surface area contributed by atoms with Crippen LogP contribution in [0.3, 0.4) is 0 Å². The summed E-state index contributed by atoms with van der Waals surface area (Å²) in [6.07, 6.45) is 7.90. The number of aliphatic hydroxyl groups excluding tert-OH is 1. The molecule has 0 unspecified atom stereocenters. The van der Waals surface area contributed by atoms with Crippen LogP contribution in [0.1, 0.15) is 91.0 Å². The number of ketones is 1. The molecular formula is C44H51IrN2O2-. The zero-order chi connectivity index (χ0) is 34.7. The molecule has 0 fully saturated rings.